The van der Waals surface area contributed by atoms with Crippen molar-refractivity contribution < 1.29 is 9.47 Å². The molecule has 0 unspecified atom stereocenters. The standard InChI is InChI=1S/C18H20BrNO2/c19-17-11-15(10-16-12-20-8-9-21-16)6-7-18(17)22-13-14-4-2-1-3-5-14/h1-7,11,16,20H,8-10,12-13H2/t16-/m1/s1. The molecule has 0 radical (unpaired) electrons. The first kappa shape index (κ1) is 15.5. The second-order valence-electron chi connectivity index (χ2n) is 5.44. The van der Waals surface area contributed by atoms with Crippen LogP contribution in [0, 0.1) is 0 Å². The number of morpholine rings is 1. The summed E-state index contributed by atoms with van der Waals surface area (Å²) in [5, 5.41) is 3.36. The zero-order valence-corrected chi connectivity index (χ0v) is 14.0. The summed E-state index contributed by atoms with van der Waals surface area (Å²) < 4.78 is 12.6. The number of ether oxygens (including phenoxy) is 2. The van der Waals surface area contributed by atoms with Crippen molar-refractivity contribution in [2.75, 3.05) is 19.7 Å². The predicted octanol–water partition coefficient (Wildman–Crippen LogP) is 3.56. The fourth-order valence-corrected chi connectivity index (χ4v) is 3.08. The highest BCUT2D eigenvalue weighted by Crippen LogP contribution is 2.27. The van der Waals surface area contributed by atoms with E-state index in [1.807, 2.05) is 24.3 Å². The van der Waals surface area contributed by atoms with E-state index < -0.39 is 0 Å². The average Bonchev–Trinajstić information content (AvgIpc) is 2.56. The average molecular weight is 362 g/mol. The molecule has 0 saturated carbocycles. The highest BCUT2D eigenvalue weighted by Gasteiger charge is 2.14. The van der Waals surface area contributed by atoms with Crippen LogP contribution < -0.4 is 10.1 Å². The van der Waals surface area contributed by atoms with E-state index in [-0.39, 0.29) is 6.10 Å². The minimum atomic E-state index is 0.261. The smallest absolute Gasteiger partial charge is 0.134 e. The van der Waals surface area contributed by atoms with Crippen LogP contribution in [0.2, 0.25) is 0 Å². The molecule has 1 heterocycles. The Hall–Kier alpha value is -1.36. The molecule has 1 N–H and O–H groups in total. The molecule has 1 aliphatic heterocycles. The van der Waals surface area contributed by atoms with E-state index in [9.17, 15) is 0 Å². The van der Waals surface area contributed by atoms with Gasteiger partial charge in [0.15, 0.2) is 0 Å². The van der Waals surface area contributed by atoms with Gasteiger partial charge in [0.2, 0.25) is 0 Å². The third kappa shape index (κ3) is 4.32. The Balaban J connectivity index is 1.59. The fraction of sp³-hybridized carbons (Fsp3) is 0.333. The Morgan fingerprint density at radius 1 is 1.14 bits per heavy atom. The van der Waals surface area contributed by atoms with Gasteiger partial charge in [-0.05, 0) is 45.6 Å². The van der Waals surface area contributed by atoms with Gasteiger partial charge in [0, 0.05) is 13.1 Å². The van der Waals surface area contributed by atoms with Crippen LogP contribution in [0.1, 0.15) is 11.1 Å². The van der Waals surface area contributed by atoms with Crippen molar-refractivity contribution in [3.63, 3.8) is 0 Å². The molecule has 3 nitrogen and oxygen atoms in total. The highest BCUT2D eigenvalue weighted by molar-refractivity contribution is 9.10. The summed E-state index contributed by atoms with van der Waals surface area (Å²) in [5.74, 6) is 0.871. The minimum absolute atomic E-state index is 0.261. The van der Waals surface area contributed by atoms with Gasteiger partial charge in [-0.25, -0.2) is 0 Å². The van der Waals surface area contributed by atoms with Crippen molar-refractivity contribution in [3.05, 3.63) is 64.1 Å². The van der Waals surface area contributed by atoms with Crippen LogP contribution in [0.3, 0.4) is 0 Å². The SMILES string of the molecule is Brc1cc(C[C@@H]2CNCCO2)ccc1OCc1ccccc1. The Morgan fingerprint density at radius 3 is 2.73 bits per heavy atom. The Morgan fingerprint density at radius 2 is 2.00 bits per heavy atom. The summed E-state index contributed by atoms with van der Waals surface area (Å²) in [6, 6.07) is 16.5. The third-order valence-electron chi connectivity index (χ3n) is 3.70. The van der Waals surface area contributed by atoms with Gasteiger partial charge in [0.1, 0.15) is 12.4 Å². The van der Waals surface area contributed by atoms with Gasteiger partial charge in [0.05, 0.1) is 17.2 Å². The lowest BCUT2D eigenvalue weighted by molar-refractivity contribution is 0.0292. The summed E-state index contributed by atoms with van der Waals surface area (Å²) in [6.07, 6.45) is 1.18. The number of nitrogens with one attached hydrogen (secondary N) is 1. The van der Waals surface area contributed by atoms with Crippen molar-refractivity contribution in [1.29, 1.82) is 0 Å². The summed E-state index contributed by atoms with van der Waals surface area (Å²) in [7, 11) is 0. The summed E-state index contributed by atoms with van der Waals surface area (Å²) >= 11 is 3.60. The third-order valence-corrected chi connectivity index (χ3v) is 4.32. The Labute approximate surface area is 139 Å². The topological polar surface area (TPSA) is 30.5 Å². The first-order valence-electron chi connectivity index (χ1n) is 7.59. The number of hydrogen-bond acceptors (Lipinski definition) is 3. The normalized spacial score (nSPS) is 18.1. The van der Waals surface area contributed by atoms with Crippen molar-refractivity contribution in [2.24, 2.45) is 0 Å². The molecular formula is C18H20BrNO2. The zero-order chi connectivity index (χ0) is 15.2. The van der Waals surface area contributed by atoms with E-state index in [4.69, 9.17) is 9.47 Å². The molecule has 1 fully saturated rings. The van der Waals surface area contributed by atoms with E-state index in [0.717, 1.165) is 36.3 Å². The van der Waals surface area contributed by atoms with E-state index in [1.165, 1.54) is 11.1 Å². The van der Waals surface area contributed by atoms with Crippen LogP contribution in [0.5, 0.6) is 5.75 Å². The lowest BCUT2D eigenvalue weighted by Crippen LogP contribution is -2.39. The molecule has 1 saturated heterocycles. The maximum atomic E-state index is 5.88. The second-order valence-corrected chi connectivity index (χ2v) is 6.29. The van der Waals surface area contributed by atoms with Crippen LogP contribution in [-0.2, 0) is 17.8 Å². The zero-order valence-electron chi connectivity index (χ0n) is 12.4. The Bertz CT molecular complexity index is 597. The van der Waals surface area contributed by atoms with Crippen molar-refractivity contribution >= 4 is 15.9 Å². The van der Waals surface area contributed by atoms with Crippen molar-refractivity contribution in [3.8, 4) is 5.75 Å². The van der Waals surface area contributed by atoms with Crippen LogP contribution in [-0.4, -0.2) is 25.8 Å². The molecule has 116 valence electrons. The van der Waals surface area contributed by atoms with Crippen LogP contribution in [0.15, 0.2) is 53.0 Å². The number of benzene rings is 2. The largest absolute Gasteiger partial charge is 0.488 e. The molecule has 3 rings (SSSR count). The first-order valence-corrected chi connectivity index (χ1v) is 8.38. The number of rotatable bonds is 5. The van der Waals surface area contributed by atoms with Crippen LogP contribution in [0.4, 0.5) is 0 Å². The fourth-order valence-electron chi connectivity index (χ4n) is 2.54. The molecule has 0 aliphatic carbocycles. The van der Waals surface area contributed by atoms with Gasteiger partial charge in [-0.2, -0.15) is 0 Å². The summed E-state index contributed by atoms with van der Waals surface area (Å²) in [5.41, 5.74) is 2.42. The molecule has 0 aromatic heterocycles. The summed E-state index contributed by atoms with van der Waals surface area (Å²) in [6.45, 7) is 3.24. The molecular weight excluding hydrogens is 342 g/mol. The van der Waals surface area contributed by atoms with Crippen LogP contribution in [0.25, 0.3) is 0 Å². The van der Waals surface area contributed by atoms with Gasteiger partial charge in [0.25, 0.3) is 0 Å². The summed E-state index contributed by atoms with van der Waals surface area (Å²) in [4.78, 5) is 0. The van der Waals surface area contributed by atoms with Crippen molar-refractivity contribution in [2.45, 2.75) is 19.1 Å². The Kier molecular flexibility index (Phi) is 5.48. The van der Waals surface area contributed by atoms with Crippen molar-refractivity contribution in [1.82, 2.24) is 5.32 Å². The van der Waals surface area contributed by atoms with Crippen LogP contribution >= 0.6 is 15.9 Å². The molecule has 22 heavy (non-hydrogen) atoms. The van der Waals surface area contributed by atoms with E-state index >= 15 is 0 Å². The van der Waals surface area contributed by atoms with E-state index in [1.54, 1.807) is 0 Å². The first-order chi connectivity index (χ1) is 10.8. The maximum Gasteiger partial charge on any atom is 0.134 e. The molecule has 2 aromatic rings. The van der Waals surface area contributed by atoms with Gasteiger partial charge in [-0.15, -0.1) is 0 Å². The van der Waals surface area contributed by atoms with Gasteiger partial charge in [-0.3, -0.25) is 0 Å². The van der Waals surface area contributed by atoms with Gasteiger partial charge in [-0.1, -0.05) is 36.4 Å². The molecule has 2 aromatic carbocycles. The molecule has 0 spiro atoms. The van der Waals surface area contributed by atoms with E-state index in [2.05, 4.69) is 45.5 Å². The predicted molar refractivity (Wildman–Crippen MR) is 91.2 cm³/mol. The molecule has 0 amide bonds. The highest BCUT2D eigenvalue weighted by atomic mass is 79.9. The number of hydrogen-bond donors (Lipinski definition) is 1. The lowest BCUT2D eigenvalue weighted by Gasteiger charge is -2.23. The van der Waals surface area contributed by atoms with Gasteiger partial charge < -0.3 is 14.8 Å². The number of halogens is 1. The quantitative estimate of drug-likeness (QED) is 0.882. The molecule has 0 bridgehead atoms. The second kappa shape index (κ2) is 7.77. The van der Waals surface area contributed by atoms with E-state index in [0.29, 0.717) is 6.61 Å². The maximum absolute atomic E-state index is 5.88. The minimum Gasteiger partial charge on any atom is -0.488 e. The molecule has 4 heteroatoms. The lowest BCUT2D eigenvalue weighted by atomic mass is 10.1. The molecule has 1 atom stereocenters. The molecule has 1 aliphatic rings. The van der Waals surface area contributed by atoms with Gasteiger partial charge >= 0.3 is 0 Å². The monoisotopic (exact) mass is 361 g/mol.